The van der Waals surface area contributed by atoms with Crippen molar-refractivity contribution in [3.05, 3.63) is 35.9 Å². The number of rotatable bonds is 6. The number of likely N-dealkylation sites (N-methyl/N-ethyl adjacent to an activating group) is 1. The predicted octanol–water partition coefficient (Wildman–Crippen LogP) is 2.77. The maximum Gasteiger partial charge on any atom is 0.317 e. The summed E-state index contributed by atoms with van der Waals surface area (Å²) in [6, 6.07) is 10.4. The minimum absolute atomic E-state index is 0.0331. The Labute approximate surface area is 151 Å². The van der Waals surface area contributed by atoms with Crippen molar-refractivity contribution in [1.29, 1.82) is 0 Å². The lowest BCUT2D eigenvalue weighted by atomic mass is 10.0. The van der Waals surface area contributed by atoms with Gasteiger partial charge in [-0.25, -0.2) is 4.79 Å². The quantitative estimate of drug-likeness (QED) is 0.833. The molecule has 0 radical (unpaired) electrons. The Morgan fingerprint density at radius 1 is 1.20 bits per heavy atom. The van der Waals surface area contributed by atoms with Gasteiger partial charge in [0, 0.05) is 25.2 Å². The van der Waals surface area contributed by atoms with Crippen LogP contribution in [-0.4, -0.2) is 59.2 Å². The van der Waals surface area contributed by atoms with E-state index in [-0.39, 0.29) is 12.1 Å². The van der Waals surface area contributed by atoms with Crippen LogP contribution in [0.5, 0.6) is 0 Å². The first-order chi connectivity index (χ1) is 12.2. The maximum atomic E-state index is 12.6. The van der Waals surface area contributed by atoms with Gasteiger partial charge in [-0.05, 0) is 50.8 Å². The lowest BCUT2D eigenvalue weighted by Gasteiger charge is -2.29. The van der Waals surface area contributed by atoms with E-state index >= 15 is 0 Å². The zero-order valence-electron chi connectivity index (χ0n) is 15.2. The van der Waals surface area contributed by atoms with Gasteiger partial charge < -0.3 is 15.3 Å². The number of benzene rings is 1. The van der Waals surface area contributed by atoms with Crippen molar-refractivity contribution < 1.29 is 9.90 Å². The van der Waals surface area contributed by atoms with Crippen molar-refractivity contribution in [3.63, 3.8) is 0 Å². The molecule has 3 atom stereocenters. The summed E-state index contributed by atoms with van der Waals surface area (Å²) in [5.74, 6) is 0. The van der Waals surface area contributed by atoms with Crippen LogP contribution in [0.4, 0.5) is 4.79 Å². The molecule has 0 saturated carbocycles. The van der Waals surface area contributed by atoms with Crippen molar-refractivity contribution >= 4 is 6.03 Å². The molecule has 138 valence electrons. The van der Waals surface area contributed by atoms with Crippen LogP contribution in [0.25, 0.3) is 0 Å². The van der Waals surface area contributed by atoms with Gasteiger partial charge in [-0.15, -0.1) is 0 Å². The van der Waals surface area contributed by atoms with Crippen LogP contribution in [0.2, 0.25) is 0 Å². The van der Waals surface area contributed by atoms with Crippen molar-refractivity contribution in [2.24, 2.45) is 0 Å². The van der Waals surface area contributed by atoms with Crippen molar-refractivity contribution in [1.82, 2.24) is 15.1 Å². The van der Waals surface area contributed by atoms with Gasteiger partial charge in [-0.1, -0.05) is 37.3 Å². The largest absolute Gasteiger partial charge is 0.388 e. The number of urea groups is 1. The summed E-state index contributed by atoms with van der Waals surface area (Å²) < 4.78 is 0. The van der Waals surface area contributed by atoms with E-state index in [2.05, 4.69) is 17.1 Å². The second-order valence-electron chi connectivity index (χ2n) is 7.26. The standard InChI is InChI=1S/C20H31N3O2/c1-2-22-12-6-11-18(22)15-21-20(25)23-13-7-10-17(23)14-19(24)16-8-4-3-5-9-16/h3-5,8-9,17-19,24H,2,6-7,10-15H2,1H3,(H,21,25). The molecular formula is C20H31N3O2. The SMILES string of the molecule is CCN1CCCC1CNC(=O)N1CCCC1CC(O)c1ccccc1. The Bertz CT molecular complexity index is 551. The first-order valence-corrected chi connectivity index (χ1v) is 9.70. The van der Waals surface area contributed by atoms with E-state index in [9.17, 15) is 9.90 Å². The Morgan fingerprint density at radius 2 is 1.92 bits per heavy atom. The van der Waals surface area contributed by atoms with Gasteiger partial charge in [0.1, 0.15) is 0 Å². The van der Waals surface area contributed by atoms with Gasteiger partial charge >= 0.3 is 6.03 Å². The van der Waals surface area contributed by atoms with Gasteiger partial charge in [-0.2, -0.15) is 0 Å². The second-order valence-corrected chi connectivity index (χ2v) is 7.26. The lowest BCUT2D eigenvalue weighted by Crippen LogP contribution is -2.47. The molecule has 0 aliphatic carbocycles. The van der Waals surface area contributed by atoms with E-state index in [1.807, 2.05) is 35.2 Å². The maximum absolute atomic E-state index is 12.6. The molecule has 2 amide bonds. The molecule has 3 rings (SSSR count). The van der Waals surface area contributed by atoms with E-state index in [1.165, 1.54) is 12.8 Å². The fourth-order valence-corrected chi connectivity index (χ4v) is 4.27. The fourth-order valence-electron chi connectivity index (χ4n) is 4.27. The highest BCUT2D eigenvalue weighted by Crippen LogP contribution is 2.27. The van der Waals surface area contributed by atoms with E-state index in [0.29, 0.717) is 12.5 Å². The van der Waals surface area contributed by atoms with Gasteiger partial charge in [0.15, 0.2) is 0 Å². The van der Waals surface area contributed by atoms with Gasteiger partial charge in [0.2, 0.25) is 0 Å². The molecule has 2 N–H and O–H groups in total. The molecule has 2 heterocycles. The van der Waals surface area contributed by atoms with Gasteiger partial charge in [0.05, 0.1) is 6.10 Å². The molecule has 5 heteroatoms. The molecule has 0 aromatic heterocycles. The van der Waals surface area contributed by atoms with Crippen LogP contribution in [0.15, 0.2) is 30.3 Å². The molecule has 2 aliphatic heterocycles. The number of aliphatic hydroxyl groups is 1. The third kappa shape index (κ3) is 4.53. The average molecular weight is 345 g/mol. The topological polar surface area (TPSA) is 55.8 Å². The number of likely N-dealkylation sites (tertiary alicyclic amines) is 2. The van der Waals surface area contributed by atoms with Crippen LogP contribution in [0.1, 0.15) is 50.7 Å². The molecule has 0 bridgehead atoms. The highest BCUT2D eigenvalue weighted by Gasteiger charge is 2.31. The molecule has 3 unspecified atom stereocenters. The van der Waals surface area contributed by atoms with E-state index < -0.39 is 6.10 Å². The van der Waals surface area contributed by atoms with E-state index in [4.69, 9.17) is 0 Å². The minimum atomic E-state index is -0.509. The van der Waals surface area contributed by atoms with Crippen molar-refractivity contribution in [2.75, 3.05) is 26.2 Å². The highest BCUT2D eigenvalue weighted by atomic mass is 16.3. The van der Waals surface area contributed by atoms with Crippen LogP contribution in [0.3, 0.4) is 0 Å². The second kappa shape index (κ2) is 8.68. The third-order valence-corrected chi connectivity index (χ3v) is 5.71. The monoisotopic (exact) mass is 345 g/mol. The molecule has 0 spiro atoms. The summed E-state index contributed by atoms with van der Waals surface area (Å²) in [6.07, 6.45) is 4.49. The summed E-state index contributed by atoms with van der Waals surface area (Å²) >= 11 is 0. The molecule has 2 fully saturated rings. The Kier molecular flexibility index (Phi) is 6.32. The summed E-state index contributed by atoms with van der Waals surface area (Å²) in [7, 11) is 0. The highest BCUT2D eigenvalue weighted by molar-refractivity contribution is 5.74. The average Bonchev–Trinajstić information content (AvgIpc) is 3.29. The van der Waals surface area contributed by atoms with Crippen LogP contribution in [-0.2, 0) is 0 Å². The number of hydrogen-bond acceptors (Lipinski definition) is 3. The normalized spacial score (nSPS) is 25.3. The number of hydrogen-bond donors (Lipinski definition) is 2. The summed E-state index contributed by atoms with van der Waals surface area (Å²) in [4.78, 5) is 17.0. The number of aliphatic hydroxyl groups excluding tert-OH is 1. The molecular weight excluding hydrogens is 314 g/mol. The van der Waals surface area contributed by atoms with Crippen molar-refractivity contribution in [3.8, 4) is 0 Å². The Morgan fingerprint density at radius 3 is 2.68 bits per heavy atom. The van der Waals surface area contributed by atoms with Crippen LogP contribution >= 0.6 is 0 Å². The molecule has 2 saturated heterocycles. The summed E-state index contributed by atoms with van der Waals surface area (Å²) in [5, 5.41) is 13.6. The van der Waals surface area contributed by atoms with Gasteiger partial charge in [-0.3, -0.25) is 4.90 Å². The molecule has 5 nitrogen and oxygen atoms in total. The fraction of sp³-hybridized carbons (Fsp3) is 0.650. The Hall–Kier alpha value is -1.59. The zero-order chi connectivity index (χ0) is 17.6. The zero-order valence-corrected chi connectivity index (χ0v) is 15.2. The summed E-state index contributed by atoms with van der Waals surface area (Å²) in [5.41, 5.74) is 0.930. The lowest BCUT2D eigenvalue weighted by molar-refractivity contribution is 0.125. The minimum Gasteiger partial charge on any atom is -0.388 e. The van der Waals surface area contributed by atoms with E-state index in [1.54, 1.807) is 0 Å². The molecule has 1 aromatic carbocycles. The molecule has 25 heavy (non-hydrogen) atoms. The molecule has 1 aromatic rings. The van der Waals surface area contributed by atoms with Crippen LogP contribution in [0, 0.1) is 0 Å². The first-order valence-electron chi connectivity index (χ1n) is 9.70. The predicted molar refractivity (Wildman–Crippen MR) is 99.4 cm³/mol. The Balaban J connectivity index is 1.51. The smallest absolute Gasteiger partial charge is 0.317 e. The number of carbonyl (C=O) groups excluding carboxylic acids is 1. The van der Waals surface area contributed by atoms with Crippen molar-refractivity contribution in [2.45, 2.75) is 57.2 Å². The van der Waals surface area contributed by atoms with E-state index in [0.717, 1.165) is 44.6 Å². The van der Waals surface area contributed by atoms with Gasteiger partial charge in [0.25, 0.3) is 0 Å². The number of carbonyl (C=O) groups is 1. The summed E-state index contributed by atoms with van der Waals surface area (Å²) in [6.45, 7) is 5.90. The number of nitrogens with one attached hydrogen (secondary N) is 1. The molecule has 2 aliphatic rings. The number of amides is 2. The first kappa shape index (κ1) is 18.2. The third-order valence-electron chi connectivity index (χ3n) is 5.71. The number of nitrogens with zero attached hydrogens (tertiary/aromatic N) is 2. The van der Waals surface area contributed by atoms with Crippen LogP contribution < -0.4 is 5.32 Å².